The Morgan fingerprint density at radius 1 is 0.976 bits per heavy atom. The molecule has 0 aliphatic carbocycles. The molecule has 220 valence electrons. The molecule has 0 saturated carbocycles. The number of carbonyl (C=O) groups is 3. The van der Waals surface area contributed by atoms with Crippen LogP contribution in [0.3, 0.4) is 0 Å². The topological polar surface area (TPSA) is 121 Å². The average molecular weight is 582 g/mol. The van der Waals surface area contributed by atoms with Gasteiger partial charge in [0.2, 0.25) is 17.7 Å². The van der Waals surface area contributed by atoms with Crippen LogP contribution in [0.5, 0.6) is 0 Å². The van der Waals surface area contributed by atoms with E-state index in [1.165, 1.54) is 0 Å². The van der Waals surface area contributed by atoms with Gasteiger partial charge in [-0.05, 0) is 43.9 Å². The van der Waals surface area contributed by atoms with Crippen LogP contribution in [0, 0.1) is 0 Å². The average Bonchev–Trinajstić information content (AvgIpc) is 3.39. The molecule has 2 aliphatic heterocycles. The number of nitrogens with zero attached hydrogens (tertiary/aromatic N) is 2. The van der Waals surface area contributed by atoms with Crippen molar-refractivity contribution in [3.8, 4) is 0 Å². The van der Waals surface area contributed by atoms with Gasteiger partial charge in [0, 0.05) is 49.7 Å². The van der Waals surface area contributed by atoms with Crippen LogP contribution < -0.4 is 11.1 Å². The zero-order chi connectivity index (χ0) is 28.3. The molecule has 0 spiro atoms. The van der Waals surface area contributed by atoms with Gasteiger partial charge < -0.3 is 30.6 Å². The van der Waals surface area contributed by atoms with E-state index in [1.807, 2.05) is 65.7 Å². The second-order valence-corrected chi connectivity index (χ2v) is 11.5. The maximum Gasteiger partial charge on any atom is 0.245 e. The molecule has 1 atom stereocenters. The van der Waals surface area contributed by atoms with Crippen LogP contribution in [0.4, 0.5) is 0 Å². The van der Waals surface area contributed by atoms with Gasteiger partial charge in [-0.2, -0.15) is 0 Å². The summed E-state index contributed by atoms with van der Waals surface area (Å²) in [4.78, 5) is 47.8. The summed E-state index contributed by atoms with van der Waals surface area (Å²) < 4.78 is 5.48. The van der Waals surface area contributed by atoms with Crippen molar-refractivity contribution in [3.63, 3.8) is 0 Å². The summed E-state index contributed by atoms with van der Waals surface area (Å²) in [5, 5.41) is 3.94. The second-order valence-electron chi connectivity index (χ2n) is 11.5. The lowest BCUT2D eigenvalue weighted by atomic mass is 9.71. The van der Waals surface area contributed by atoms with Crippen molar-refractivity contribution < 1.29 is 19.1 Å². The van der Waals surface area contributed by atoms with Crippen LogP contribution in [0.15, 0.2) is 60.8 Å². The van der Waals surface area contributed by atoms with E-state index in [-0.39, 0.29) is 30.1 Å². The van der Waals surface area contributed by atoms with E-state index in [2.05, 4.69) is 10.3 Å². The van der Waals surface area contributed by atoms with Gasteiger partial charge >= 0.3 is 0 Å². The third kappa shape index (κ3) is 6.42. The summed E-state index contributed by atoms with van der Waals surface area (Å²) in [5.74, 6) is -0.449. The van der Waals surface area contributed by atoms with Crippen LogP contribution >= 0.6 is 12.4 Å². The number of ether oxygens (including phenoxy) is 1. The lowest BCUT2D eigenvalue weighted by molar-refractivity contribution is -0.147. The van der Waals surface area contributed by atoms with E-state index >= 15 is 0 Å². The van der Waals surface area contributed by atoms with Gasteiger partial charge in [-0.1, -0.05) is 48.5 Å². The monoisotopic (exact) mass is 581 g/mol. The lowest BCUT2D eigenvalue weighted by Crippen LogP contribution is -2.60. The minimum atomic E-state index is -1.13. The van der Waals surface area contributed by atoms with Crippen molar-refractivity contribution in [2.75, 3.05) is 39.4 Å². The van der Waals surface area contributed by atoms with E-state index < -0.39 is 17.0 Å². The molecule has 4 N–H and O–H groups in total. The molecule has 1 aromatic heterocycles. The maximum atomic E-state index is 14.0. The second kappa shape index (κ2) is 12.6. The number of para-hydroxylation sites is 1. The summed E-state index contributed by atoms with van der Waals surface area (Å²) in [6.45, 7) is 6.30. The molecule has 0 radical (unpaired) electrons. The number of piperidine rings is 1. The van der Waals surface area contributed by atoms with Crippen molar-refractivity contribution >= 4 is 41.0 Å². The fraction of sp³-hybridized carbons (Fsp3) is 0.452. The van der Waals surface area contributed by atoms with Gasteiger partial charge in [0.25, 0.3) is 0 Å². The normalized spacial score (nSPS) is 17.9. The Balaban J connectivity index is 0.00000387. The Morgan fingerprint density at radius 2 is 1.61 bits per heavy atom. The number of fused-ring (bicyclic) bond motifs is 1. The summed E-state index contributed by atoms with van der Waals surface area (Å²) in [6, 6.07) is 17.0. The van der Waals surface area contributed by atoms with E-state index in [0.29, 0.717) is 58.7 Å². The highest BCUT2D eigenvalue weighted by Gasteiger charge is 2.46. The number of nitrogens with one attached hydrogen (secondary N) is 2. The van der Waals surface area contributed by atoms with E-state index in [0.717, 1.165) is 22.0 Å². The fourth-order valence-electron chi connectivity index (χ4n) is 5.85. The number of hydrogen-bond acceptors (Lipinski definition) is 5. The van der Waals surface area contributed by atoms with E-state index in [4.69, 9.17) is 10.5 Å². The number of likely N-dealkylation sites (tertiary alicyclic amines) is 1. The lowest BCUT2D eigenvalue weighted by Gasteiger charge is -2.45. The first-order chi connectivity index (χ1) is 19.2. The summed E-state index contributed by atoms with van der Waals surface area (Å²) in [7, 11) is 0. The number of aromatic nitrogens is 1. The molecule has 0 unspecified atom stereocenters. The number of amides is 3. The highest BCUT2D eigenvalue weighted by Crippen LogP contribution is 2.38. The van der Waals surface area contributed by atoms with Crippen molar-refractivity contribution in [3.05, 3.63) is 71.9 Å². The molecule has 10 heteroatoms. The first kappa shape index (κ1) is 30.6. The molecule has 3 heterocycles. The fourth-order valence-corrected chi connectivity index (χ4v) is 5.85. The van der Waals surface area contributed by atoms with Crippen LogP contribution in [0.1, 0.15) is 37.8 Å². The zero-order valence-corrected chi connectivity index (χ0v) is 24.5. The highest BCUT2D eigenvalue weighted by molar-refractivity contribution is 5.93. The largest absolute Gasteiger partial charge is 0.378 e. The van der Waals surface area contributed by atoms with Crippen molar-refractivity contribution in [2.45, 2.75) is 50.1 Å². The van der Waals surface area contributed by atoms with E-state index in [9.17, 15) is 14.4 Å². The molecule has 2 aliphatic rings. The standard InChI is InChI=1S/C31H39N5O4.ClH/c1-30(2,32)28(38)34-26(20-22-21-33-25-11-7-6-10-24(22)25)27(37)35-14-12-31(13-15-35,23-8-4-3-5-9-23)29(39)36-16-18-40-19-17-36;/h3-11,21,26,33H,12-20,32H2,1-2H3,(H,34,38);1H/t26-;/m1./s1. The van der Waals surface area contributed by atoms with Crippen LogP contribution in [0.2, 0.25) is 0 Å². The molecule has 5 rings (SSSR count). The minimum Gasteiger partial charge on any atom is -0.378 e. The van der Waals surface area contributed by atoms with Gasteiger partial charge in [-0.3, -0.25) is 14.4 Å². The number of rotatable bonds is 7. The number of H-pyrrole nitrogens is 1. The molecule has 9 nitrogen and oxygen atoms in total. The Morgan fingerprint density at radius 3 is 2.27 bits per heavy atom. The zero-order valence-electron chi connectivity index (χ0n) is 23.7. The first-order valence-corrected chi connectivity index (χ1v) is 14.1. The number of nitrogens with two attached hydrogens (primary N) is 1. The number of morpholine rings is 1. The molecule has 3 aromatic rings. The van der Waals surface area contributed by atoms with Gasteiger partial charge in [0.1, 0.15) is 6.04 Å². The molecular formula is C31H40ClN5O4. The SMILES string of the molecule is CC(C)(N)C(=O)N[C@H](Cc1c[nH]c2ccccc12)C(=O)N1CCC(C(=O)N2CCOCC2)(c2ccccc2)CC1.Cl. The number of carbonyl (C=O) groups excluding carboxylic acids is 3. The molecular weight excluding hydrogens is 542 g/mol. The van der Waals surface area contributed by atoms with Crippen LogP contribution in [0.25, 0.3) is 10.9 Å². The van der Waals surface area contributed by atoms with E-state index in [1.54, 1.807) is 18.7 Å². The summed E-state index contributed by atoms with van der Waals surface area (Å²) in [6.07, 6.45) is 3.24. The highest BCUT2D eigenvalue weighted by atomic mass is 35.5. The van der Waals surface area contributed by atoms with Gasteiger partial charge in [0.05, 0.1) is 24.2 Å². The van der Waals surface area contributed by atoms with Crippen LogP contribution in [-0.2, 0) is 31.0 Å². The molecule has 41 heavy (non-hydrogen) atoms. The number of halogens is 1. The number of benzene rings is 2. The smallest absolute Gasteiger partial charge is 0.245 e. The first-order valence-electron chi connectivity index (χ1n) is 14.1. The molecule has 2 fully saturated rings. The third-order valence-electron chi connectivity index (χ3n) is 8.25. The summed E-state index contributed by atoms with van der Waals surface area (Å²) in [5.41, 5.74) is 7.14. The maximum absolute atomic E-state index is 14.0. The van der Waals surface area contributed by atoms with Gasteiger partial charge in [-0.25, -0.2) is 0 Å². The number of hydrogen-bond donors (Lipinski definition) is 3. The Labute approximate surface area is 247 Å². The Kier molecular flexibility index (Phi) is 9.41. The minimum absolute atomic E-state index is 0. The predicted octanol–water partition coefficient (Wildman–Crippen LogP) is 2.77. The molecule has 2 aromatic carbocycles. The quantitative estimate of drug-likeness (QED) is 0.396. The van der Waals surface area contributed by atoms with Crippen molar-refractivity contribution in [1.29, 1.82) is 0 Å². The summed E-state index contributed by atoms with van der Waals surface area (Å²) >= 11 is 0. The third-order valence-corrected chi connectivity index (χ3v) is 8.25. The van der Waals surface area contributed by atoms with Gasteiger partial charge in [0.15, 0.2) is 0 Å². The Hall–Kier alpha value is -3.40. The van der Waals surface area contributed by atoms with Crippen molar-refractivity contribution in [2.24, 2.45) is 5.73 Å². The predicted molar refractivity (Wildman–Crippen MR) is 161 cm³/mol. The Bertz CT molecular complexity index is 1360. The number of aromatic amines is 1. The molecule has 3 amide bonds. The van der Waals surface area contributed by atoms with Crippen LogP contribution in [-0.4, -0.2) is 83.5 Å². The van der Waals surface area contributed by atoms with Gasteiger partial charge in [-0.15, -0.1) is 12.4 Å². The molecule has 0 bridgehead atoms. The van der Waals surface area contributed by atoms with Crippen molar-refractivity contribution in [1.82, 2.24) is 20.1 Å². The molecule has 2 saturated heterocycles.